The van der Waals surface area contributed by atoms with Gasteiger partial charge in [-0.2, -0.15) is 13.2 Å². The van der Waals surface area contributed by atoms with E-state index in [4.69, 9.17) is 15.6 Å². The molecule has 0 unspecified atom stereocenters. The topological polar surface area (TPSA) is 106 Å². The Morgan fingerprint density at radius 3 is 2.52 bits per heavy atom. The molecule has 1 aliphatic rings. The molecular formula is C19H16F5N3O4. The number of primary amides is 1. The van der Waals surface area contributed by atoms with Gasteiger partial charge in [0.1, 0.15) is 30.0 Å². The van der Waals surface area contributed by atoms with Crippen molar-refractivity contribution in [1.82, 2.24) is 9.88 Å². The van der Waals surface area contributed by atoms with Crippen LogP contribution in [-0.4, -0.2) is 52.4 Å². The molecule has 1 aromatic heterocycles. The Hall–Kier alpha value is -3.44. The summed E-state index contributed by atoms with van der Waals surface area (Å²) in [6.07, 6.45) is -7.28. The molecule has 2 amide bonds. The highest BCUT2D eigenvalue weighted by atomic mass is 19.4. The lowest BCUT2D eigenvalue weighted by atomic mass is 9.93. The average molecular weight is 445 g/mol. The van der Waals surface area contributed by atoms with Gasteiger partial charge >= 0.3 is 12.3 Å². The Labute approximate surface area is 172 Å². The van der Waals surface area contributed by atoms with Gasteiger partial charge < -0.3 is 15.6 Å². The van der Waals surface area contributed by atoms with Crippen LogP contribution in [0.5, 0.6) is 5.88 Å². The number of carboxylic acid groups (broad SMARTS) is 1. The summed E-state index contributed by atoms with van der Waals surface area (Å²) in [7, 11) is 0. The average Bonchev–Trinajstić information content (AvgIpc) is 2.65. The van der Waals surface area contributed by atoms with Crippen molar-refractivity contribution in [2.24, 2.45) is 5.73 Å². The van der Waals surface area contributed by atoms with Crippen molar-refractivity contribution in [1.29, 1.82) is 0 Å². The fourth-order valence-electron chi connectivity index (χ4n) is 3.28. The molecule has 31 heavy (non-hydrogen) atoms. The van der Waals surface area contributed by atoms with Crippen LogP contribution in [0.2, 0.25) is 0 Å². The first kappa shape index (κ1) is 22.2. The van der Waals surface area contributed by atoms with Crippen LogP contribution in [-0.2, 0) is 6.42 Å². The van der Waals surface area contributed by atoms with Crippen LogP contribution in [0.15, 0.2) is 24.3 Å². The molecule has 0 bridgehead atoms. The molecule has 0 spiro atoms. The van der Waals surface area contributed by atoms with Crippen molar-refractivity contribution in [3.63, 3.8) is 0 Å². The SMILES string of the molecule is NC(=O)c1cc(-c2ccc(F)cc2F)c2c(n1)O[C@H](CN(CC(F)(F)F)C(=O)O)CC2. The van der Waals surface area contributed by atoms with Gasteiger partial charge in [0.25, 0.3) is 5.91 Å². The maximum absolute atomic E-state index is 14.3. The first-order valence-corrected chi connectivity index (χ1v) is 8.95. The number of fused-ring (bicyclic) bond motifs is 1. The zero-order valence-corrected chi connectivity index (χ0v) is 15.7. The monoisotopic (exact) mass is 445 g/mol. The number of hydrogen-bond acceptors (Lipinski definition) is 4. The minimum atomic E-state index is -4.74. The Kier molecular flexibility index (Phi) is 6.00. The molecule has 1 aromatic carbocycles. The van der Waals surface area contributed by atoms with Gasteiger partial charge in [-0.25, -0.2) is 18.6 Å². The largest absolute Gasteiger partial charge is 0.472 e. The first-order chi connectivity index (χ1) is 14.4. The Bertz CT molecular complexity index is 1030. The highest BCUT2D eigenvalue weighted by molar-refractivity contribution is 5.93. The fourth-order valence-corrected chi connectivity index (χ4v) is 3.28. The third-order valence-electron chi connectivity index (χ3n) is 4.62. The predicted molar refractivity (Wildman–Crippen MR) is 96.5 cm³/mol. The maximum Gasteiger partial charge on any atom is 0.407 e. The molecule has 12 heteroatoms. The van der Waals surface area contributed by atoms with E-state index in [1.165, 1.54) is 6.07 Å². The van der Waals surface area contributed by atoms with Crippen molar-refractivity contribution in [2.45, 2.75) is 25.1 Å². The number of nitrogens with zero attached hydrogens (tertiary/aromatic N) is 2. The summed E-state index contributed by atoms with van der Waals surface area (Å²) in [5, 5.41) is 9.05. The summed E-state index contributed by atoms with van der Waals surface area (Å²) in [5.74, 6) is -2.87. The molecular weight excluding hydrogens is 429 g/mol. The third kappa shape index (κ3) is 5.19. The number of rotatable bonds is 5. The molecule has 0 radical (unpaired) electrons. The van der Waals surface area contributed by atoms with Gasteiger partial charge in [0, 0.05) is 17.2 Å². The number of ether oxygens (including phenoxy) is 1. The quantitative estimate of drug-likeness (QED) is 0.687. The molecule has 0 aliphatic carbocycles. The van der Waals surface area contributed by atoms with E-state index in [1.807, 2.05) is 0 Å². The number of aromatic nitrogens is 1. The van der Waals surface area contributed by atoms with Gasteiger partial charge in [-0.15, -0.1) is 0 Å². The number of pyridine rings is 1. The van der Waals surface area contributed by atoms with E-state index in [2.05, 4.69) is 4.98 Å². The Morgan fingerprint density at radius 1 is 1.23 bits per heavy atom. The van der Waals surface area contributed by atoms with Crippen molar-refractivity contribution in [3.8, 4) is 17.0 Å². The third-order valence-corrected chi connectivity index (χ3v) is 4.62. The number of alkyl halides is 3. The van der Waals surface area contributed by atoms with Crippen LogP contribution in [0.4, 0.5) is 26.7 Å². The van der Waals surface area contributed by atoms with E-state index in [9.17, 15) is 31.5 Å². The van der Waals surface area contributed by atoms with Crippen LogP contribution >= 0.6 is 0 Å². The Morgan fingerprint density at radius 2 is 1.94 bits per heavy atom. The molecule has 3 N–H and O–H groups in total. The van der Waals surface area contributed by atoms with Crippen molar-refractivity contribution < 1.29 is 41.4 Å². The number of nitrogens with two attached hydrogens (primary N) is 1. The summed E-state index contributed by atoms with van der Waals surface area (Å²) in [5.41, 5.74) is 5.41. The lowest BCUT2D eigenvalue weighted by Crippen LogP contribution is -2.45. The van der Waals surface area contributed by atoms with Crippen molar-refractivity contribution in [2.75, 3.05) is 13.1 Å². The molecule has 166 valence electrons. The molecule has 0 fully saturated rings. The van der Waals surface area contributed by atoms with Crippen LogP contribution in [0.1, 0.15) is 22.5 Å². The number of benzene rings is 1. The van der Waals surface area contributed by atoms with Crippen LogP contribution in [0, 0.1) is 11.6 Å². The van der Waals surface area contributed by atoms with Gasteiger partial charge in [-0.3, -0.25) is 9.69 Å². The van der Waals surface area contributed by atoms with E-state index >= 15 is 0 Å². The highest BCUT2D eigenvalue weighted by Gasteiger charge is 2.36. The molecule has 3 rings (SSSR count). The number of amides is 2. The van der Waals surface area contributed by atoms with Crippen molar-refractivity contribution >= 4 is 12.0 Å². The smallest absolute Gasteiger partial charge is 0.407 e. The van der Waals surface area contributed by atoms with Gasteiger partial charge in [0.05, 0.1) is 6.54 Å². The van der Waals surface area contributed by atoms with Crippen LogP contribution < -0.4 is 10.5 Å². The zero-order valence-electron chi connectivity index (χ0n) is 15.7. The summed E-state index contributed by atoms with van der Waals surface area (Å²) < 4.78 is 71.1. The molecule has 0 saturated heterocycles. The fraction of sp³-hybridized carbons (Fsp3) is 0.316. The molecule has 1 aliphatic heterocycles. The van der Waals surface area contributed by atoms with Crippen LogP contribution in [0.3, 0.4) is 0 Å². The highest BCUT2D eigenvalue weighted by Crippen LogP contribution is 2.37. The summed E-state index contributed by atoms with van der Waals surface area (Å²) in [6, 6.07) is 4.05. The number of carbonyl (C=O) groups is 2. The van der Waals surface area contributed by atoms with Crippen LogP contribution in [0.25, 0.3) is 11.1 Å². The van der Waals surface area contributed by atoms with E-state index < -0.39 is 49.0 Å². The second-order valence-corrected chi connectivity index (χ2v) is 6.88. The molecule has 7 nitrogen and oxygen atoms in total. The van der Waals surface area contributed by atoms with E-state index in [0.29, 0.717) is 11.6 Å². The van der Waals surface area contributed by atoms with Gasteiger partial charge in [0.2, 0.25) is 5.88 Å². The van der Waals surface area contributed by atoms with Gasteiger partial charge in [-0.05, 0) is 36.6 Å². The Balaban J connectivity index is 1.96. The molecule has 1 atom stereocenters. The normalized spacial score (nSPS) is 15.7. The summed E-state index contributed by atoms with van der Waals surface area (Å²) in [6.45, 7) is -2.28. The number of carbonyl (C=O) groups excluding carboxylic acids is 1. The van der Waals surface area contributed by atoms with E-state index in [-0.39, 0.29) is 40.4 Å². The minimum absolute atomic E-state index is 0.0474. The lowest BCUT2D eigenvalue weighted by Gasteiger charge is -2.31. The van der Waals surface area contributed by atoms with Gasteiger partial charge in [0.15, 0.2) is 0 Å². The van der Waals surface area contributed by atoms with E-state index in [0.717, 1.165) is 12.1 Å². The maximum atomic E-state index is 14.3. The molecule has 0 saturated carbocycles. The number of hydrogen-bond donors (Lipinski definition) is 2. The zero-order chi connectivity index (χ0) is 22.9. The first-order valence-electron chi connectivity index (χ1n) is 8.95. The van der Waals surface area contributed by atoms with E-state index in [1.54, 1.807) is 0 Å². The number of halogens is 5. The minimum Gasteiger partial charge on any atom is -0.472 e. The molecule has 2 aromatic rings. The standard InChI is InChI=1S/C19H16F5N3O4/c20-9-1-3-11(14(21)5-9)13-6-15(16(25)28)26-17-12(13)4-2-10(31-17)7-27(18(29)30)8-19(22,23)24/h1,3,5-6,10H,2,4,7-8H2,(H2,25,28)(H,29,30)/t10-/m0/s1. The van der Waals surface area contributed by atoms with Crippen molar-refractivity contribution in [3.05, 3.63) is 47.2 Å². The van der Waals surface area contributed by atoms with Gasteiger partial charge in [-0.1, -0.05) is 0 Å². The summed E-state index contributed by atoms with van der Waals surface area (Å²) in [4.78, 5) is 26.9. The second kappa shape index (κ2) is 8.36. The summed E-state index contributed by atoms with van der Waals surface area (Å²) >= 11 is 0. The predicted octanol–water partition coefficient (Wildman–Crippen LogP) is 3.36. The molecule has 2 heterocycles. The lowest BCUT2D eigenvalue weighted by molar-refractivity contribution is -0.143. The second-order valence-electron chi connectivity index (χ2n) is 6.88.